The van der Waals surface area contributed by atoms with Crippen LogP contribution in [0.5, 0.6) is 5.75 Å². The van der Waals surface area contributed by atoms with Crippen molar-refractivity contribution in [2.75, 3.05) is 13.2 Å². The van der Waals surface area contributed by atoms with E-state index in [0.717, 1.165) is 16.6 Å². The molecule has 0 amide bonds. The minimum Gasteiger partial charge on any atom is -0.491 e. The zero-order valence-corrected chi connectivity index (χ0v) is 9.64. The summed E-state index contributed by atoms with van der Waals surface area (Å²) < 4.78 is 6.67. The molecule has 3 heteroatoms. The molecule has 2 N–H and O–H groups in total. The number of fused-ring (bicyclic) bond motifs is 1. The van der Waals surface area contributed by atoms with Crippen molar-refractivity contribution in [3.63, 3.8) is 0 Å². The molecule has 0 saturated heterocycles. The molecule has 0 atom stereocenters. The lowest BCUT2D eigenvalue weighted by molar-refractivity contribution is 0.326. The number of nitrogens with two attached hydrogens (primary N) is 1. The Labute approximate surface area is 92.6 Å². The second-order valence-corrected chi connectivity index (χ2v) is 4.30. The molecule has 1 aliphatic rings. The van der Waals surface area contributed by atoms with Gasteiger partial charge in [0.05, 0.1) is 4.47 Å². The van der Waals surface area contributed by atoms with Crippen LogP contribution in [0.3, 0.4) is 0 Å². The van der Waals surface area contributed by atoms with Crippen LogP contribution in [0.4, 0.5) is 0 Å². The highest BCUT2D eigenvalue weighted by molar-refractivity contribution is 9.10. The highest BCUT2D eigenvalue weighted by Crippen LogP contribution is 2.35. The first-order chi connectivity index (χ1) is 6.83. The van der Waals surface area contributed by atoms with Gasteiger partial charge in [0.15, 0.2) is 0 Å². The minimum atomic E-state index is 0.559. The maximum Gasteiger partial charge on any atom is 0.133 e. The minimum absolute atomic E-state index is 0.559. The Kier molecular flexibility index (Phi) is 3.08. The zero-order chi connectivity index (χ0) is 9.97. The number of halogens is 1. The Morgan fingerprint density at radius 2 is 2.21 bits per heavy atom. The maximum absolute atomic E-state index is 5.54. The van der Waals surface area contributed by atoms with Gasteiger partial charge in [0.2, 0.25) is 0 Å². The third-order valence-electron chi connectivity index (χ3n) is 2.55. The Bertz CT molecular complexity index is 338. The monoisotopic (exact) mass is 255 g/mol. The summed E-state index contributed by atoms with van der Waals surface area (Å²) in [6.07, 6.45) is 3.62. The molecular weight excluding hydrogens is 242 g/mol. The lowest BCUT2D eigenvalue weighted by atomic mass is 10.1. The second-order valence-electron chi connectivity index (χ2n) is 3.51. The third kappa shape index (κ3) is 1.79. The second kappa shape index (κ2) is 4.32. The van der Waals surface area contributed by atoms with Gasteiger partial charge in [-0.15, -0.1) is 0 Å². The summed E-state index contributed by atoms with van der Waals surface area (Å²) in [5.74, 6) is 0.927. The molecule has 76 valence electrons. The van der Waals surface area contributed by atoms with Gasteiger partial charge in [-0.2, -0.15) is 0 Å². The molecule has 0 aromatic heterocycles. The normalized spacial score (nSPS) is 14.1. The van der Waals surface area contributed by atoms with Crippen molar-refractivity contribution in [1.82, 2.24) is 0 Å². The highest BCUT2D eigenvalue weighted by Gasteiger charge is 2.16. The number of aryl methyl sites for hydroxylation is 1. The van der Waals surface area contributed by atoms with Gasteiger partial charge in [-0.3, -0.25) is 0 Å². The van der Waals surface area contributed by atoms with Crippen LogP contribution in [0.1, 0.15) is 17.5 Å². The number of ether oxygens (including phenoxy) is 1. The van der Waals surface area contributed by atoms with Gasteiger partial charge < -0.3 is 10.5 Å². The summed E-state index contributed by atoms with van der Waals surface area (Å²) in [6.45, 7) is 1.14. The van der Waals surface area contributed by atoms with Crippen molar-refractivity contribution in [2.24, 2.45) is 5.73 Å². The fourth-order valence-electron chi connectivity index (χ4n) is 1.88. The number of benzene rings is 1. The van der Waals surface area contributed by atoms with Crippen LogP contribution in [-0.2, 0) is 12.8 Å². The molecule has 0 fully saturated rings. The maximum atomic E-state index is 5.54. The van der Waals surface area contributed by atoms with E-state index in [1.165, 1.54) is 24.0 Å². The Morgan fingerprint density at radius 1 is 1.36 bits per heavy atom. The predicted molar refractivity (Wildman–Crippen MR) is 60.7 cm³/mol. The summed E-state index contributed by atoms with van der Waals surface area (Å²) in [4.78, 5) is 0. The van der Waals surface area contributed by atoms with E-state index >= 15 is 0 Å². The summed E-state index contributed by atoms with van der Waals surface area (Å²) in [6, 6.07) is 4.20. The van der Waals surface area contributed by atoms with Crippen molar-refractivity contribution in [3.8, 4) is 5.75 Å². The average Bonchev–Trinajstić information content (AvgIpc) is 2.66. The lowest BCUT2D eigenvalue weighted by Crippen LogP contribution is -2.11. The topological polar surface area (TPSA) is 35.2 Å². The van der Waals surface area contributed by atoms with Gasteiger partial charge in [-0.1, -0.05) is 6.07 Å². The summed E-state index contributed by atoms with van der Waals surface area (Å²) in [5, 5.41) is 0. The van der Waals surface area contributed by atoms with Crippen molar-refractivity contribution in [1.29, 1.82) is 0 Å². The molecule has 1 aliphatic carbocycles. The van der Waals surface area contributed by atoms with Crippen molar-refractivity contribution < 1.29 is 4.74 Å². The molecule has 0 spiro atoms. The molecule has 0 unspecified atom stereocenters. The van der Waals surface area contributed by atoms with E-state index in [9.17, 15) is 0 Å². The molecule has 2 rings (SSSR count). The molecule has 1 aromatic rings. The number of hydrogen-bond acceptors (Lipinski definition) is 2. The SMILES string of the molecule is NCCOc1ccc2c(c1Br)CCC2. The summed E-state index contributed by atoms with van der Waals surface area (Å²) in [7, 11) is 0. The Morgan fingerprint density at radius 3 is 3.00 bits per heavy atom. The quantitative estimate of drug-likeness (QED) is 0.900. The molecule has 1 aromatic carbocycles. The van der Waals surface area contributed by atoms with Gasteiger partial charge in [-0.25, -0.2) is 0 Å². The van der Waals surface area contributed by atoms with Crippen LogP contribution in [0.2, 0.25) is 0 Å². The fraction of sp³-hybridized carbons (Fsp3) is 0.455. The molecule has 0 saturated carbocycles. The molecule has 0 aliphatic heterocycles. The summed E-state index contributed by atoms with van der Waals surface area (Å²) in [5.41, 5.74) is 8.27. The van der Waals surface area contributed by atoms with Crippen molar-refractivity contribution in [3.05, 3.63) is 27.7 Å². The average molecular weight is 256 g/mol. The first-order valence-electron chi connectivity index (χ1n) is 4.96. The van der Waals surface area contributed by atoms with Gasteiger partial charge in [-0.05, 0) is 52.4 Å². The van der Waals surface area contributed by atoms with Crippen LogP contribution in [0.15, 0.2) is 16.6 Å². The highest BCUT2D eigenvalue weighted by atomic mass is 79.9. The van der Waals surface area contributed by atoms with E-state index in [4.69, 9.17) is 10.5 Å². The molecule has 0 bridgehead atoms. The van der Waals surface area contributed by atoms with Gasteiger partial charge in [0, 0.05) is 6.54 Å². The van der Waals surface area contributed by atoms with E-state index in [1.807, 2.05) is 6.07 Å². The van der Waals surface area contributed by atoms with Crippen molar-refractivity contribution in [2.45, 2.75) is 19.3 Å². The van der Waals surface area contributed by atoms with E-state index in [-0.39, 0.29) is 0 Å². The van der Waals surface area contributed by atoms with E-state index in [0.29, 0.717) is 13.2 Å². The van der Waals surface area contributed by atoms with Crippen LogP contribution in [0.25, 0.3) is 0 Å². The van der Waals surface area contributed by atoms with E-state index < -0.39 is 0 Å². The molecule has 14 heavy (non-hydrogen) atoms. The van der Waals surface area contributed by atoms with Gasteiger partial charge in [0.25, 0.3) is 0 Å². The predicted octanol–water partition coefficient (Wildman–Crippen LogP) is 2.28. The lowest BCUT2D eigenvalue weighted by Gasteiger charge is -2.10. The summed E-state index contributed by atoms with van der Waals surface area (Å²) >= 11 is 3.60. The largest absolute Gasteiger partial charge is 0.491 e. The Balaban J connectivity index is 2.26. The van der Waals surface area contributed by atoms with Crippen molar-refractivity contribution >= 4 is 15.9 Å². The van der Waals surface area contributed by atoms with Gasteiger partial charge >= 0.3 is 0 Å². The smallest absolute Gasteiger partial charge is 0.133 e. The fourth-order valence-corrected chi connectivity index (χ4v) is 2.58. The van der Waals surface area contributed by atoms with Crippen LogP contribution in [-0.4, -0.2) is 13.2 Å². The number of rotatable bonds is 3. The van der Waals surface area contributed by atoms with Crippen LogP contribution >= 0.6 is 15.9 Å². The molecule has 0 radical (unpaired) electrons. The first kappa shape index (κ1) is 9.99. The third-order valence-corrected chi connectivity index (χ3v) is 3.42. The molecule has 2 nitrogen and oxygen atoms in total. The van der Waals surface area contributed by atoms with Gasteiger partial charge in [0.1, 0.15) is 12.4 Å². The molecular formula is C11H14BrNO. The van der Waals surface area contributed by atoms with E-state index in [1.54, 1.807) is 0 Å². The molecule has 0 heterocycles. The van der Waals surface area contributed by atoms with E-state index in [2.05, 4.69) is 22.0 Å². The zero-order valence-electron chi connectivity index (χ0n) is 8.05. The van der Waals surface area contributed by atoms with Crippen LogP contribution in [0, 0.1) is 0 Å². The standard InChI is InChI=1S/C11H14BrNO/c12-11-9-3-1-2-8(9)4-5-10(11)14-7-6-13/h4-5H,1-3,6-7,13H2. The van der Waals surface area contributed by atoms with Crippen LogP contribution < -0.4 is 10.5 Å². The first-order valence-corrected chi connectivity index (χ1v) is 5.75. The Hall–Kier alpha value is -0.540. The number of hydrogen-bond donors (Lipinski definition) is 1.